The Labute approximate surface area is 136 Å². The van der Waals surface area contributed by atoms with Crippen molar-refractivity contribution in [3.05, 3.63) is 77.9 Å². The van der Waals surface area contributed by atoms with Crippen LogP contribution in [0.25, 0.3) is 10.8 Å². The molecule has 116 valence electrons. The van der Waals surface area contributed by atoms with Gasteiger partial charge < -0.3 is 9.64 Å². The average molecular weight is 305 g/mol. The highest BCUT2D eigenvalue weighted by molar-refractivity contribution is 6.06. The largest absolute Gasteiger partial charge is 0.496 e. The Kier molecular flexibility index (Phi) is 4.29. The van der Waals surface area contributed by atoms with Gasteiger partial charge in [-0.25, -0.2) is 0 Å². The van der Waals surface area contributed by atoms with Crippen LogP contribution in [0.15, 0.2) is 66.7 Å². The van der Waals surface area contributed by atoms with Gasteiger partial charge in [-0.05, 0) is 22.9 Å². The molecule has 3 heteroatoms. The van der Waals surface area contributed by atoms with E-state index in [1.54, 1.807) is 12.0 Å². The number of ether oxygens (including phenoxy) is 1. The number of benzene rings is 3. The van der Waals surface area contributed by atoms with Gasteiger partial charge in [0.15, 0.2) is 0 Å². The van der Waals surface area contributed by atoms with Crippen LogP contribution in [-0.2, 0) is 6.54 Å². The van der Waals surface area contributed by atoms with Crippen LogP contribution in [0.1, 0.15) is 15.9 Å². The van der Waals surface area contributed by atoms with Gasteiger partial charge in [0.2, 0.25) is 0 Å². The summed E-state index contributed by atoms with van der Waals surface area (Å²) >= 11 is 0. The third-order valence-corrected chi connectivity index (χ3v) is 3.97. The fraction of sp³-hybridized carbons (Fsp3) is 0.150. The lowest BCUT2D eigenvalue weighted by Gasteiger charge is -2.19. The molecule has 0 N–H and O–H groups in total. The first-order valence-corrected chi connectivity index (χ1v) is 7.56. The topological polar surface area (TPSA) is 29.5 Å². The number of para-hydroxylation sites is 1. The molecule has 1 amide bonds. The molecule has 0 fully saturated rings. The fourth-order valence-electron chi connectivity index (χ4n) is 2.78. The first-order valence-electron chi connectivity index (χ1n) is 7.56. The lowest BCUT2D eigenvalue weighted by atomic mass is 10.0. The summed E-state index contributed by atoms with van der Waals surface area (Å²) in [5.74, 6) is 0.803. The van der Waals surface area contributed by atoms with Gasteiger partial charge in [-0.15, -0.1) is 0 Å². The van der Waals surface area contributed by atoms with Gasteiger partial charge in [0.25, 0.3) is 5.91 Å². The van der Waals surface area contributed by atoms with Gasteiger partial charge in [0, 0.05) is 24.7 Å². The summed E-state index contributed by atoms with van der Waals surface area (Å²) in [6.45, 7) is 0.506. The van der Waals surface area contributed by atoms with Crippen molar-refractivity contribution in [3.63, 3.8) is 0 Å². The van der Waals surface area contributed by atoms with Gasteiger partial charge in [-0.3, -0.25) is 4.79 Å². The summed E-state index contributed by atoms with van der Waals surface area (Å²) in [5, 5.41) is 2.05. The SMILES string of the molecule is COc1ccccc1CN(C)C(=O)c1cccc2ccccc12. The van der Waals surface area contributed by atoms with Gasteiger partial charge in [0.1, 0.15) is 5.75 Å². The van der Waals surface area contributed by atoms with Crippen LogP contribution < -0.4 is 4.74 Å². The molecule has 0 aliphatic rings. The predicted octanol–water partition coefficient (Wildman–Crippen LogP) is 4.12. The maximum absolute atomic E-state index is 12.8. The normalized spacial score (nSPS) is 10.5. The maximum Gasteiger partial charge on any atom is 0.254 e. The molecule has 0 aromatic heterocycles. The number of carbonyl (C=O) groups excluding carboxylic acids is 1. The molecule has 3 aromatic rings. The Hall–Kier alpha value is -2.81. The minimum absolute atomic E-state index is 0.00714. The number of nitrogens with zero attached hydrogens (tertiary/aromatic N) is 1. The van der Waals surface area contributed by atoms with Crippen molar-refractivity contribution in [2.75, 3.05) is 14.2 Å². The third-order valence-electron chi connectivity index (χ3n) is 3.97. The maximum atomic E-state index is 12.8. The van der Waals surface area contributed by atoms with E-state index in [2.05, 4.69) is 0 Å². The second-order valence-corrected chi connectivity index (χ2v) is 5.50. The van der Waals surface area contributed by atoms with E-state index in [1.807, 2.05) is 73.8 Å². The number of rotatable bonds is 4. The zero-order valence-corrected chi connectivity index (χ0v) is 13.3. The second-order valence-electron chi connectivity index (χ2n) is 5.50. The van der Waals surface area contributed by atoms with Gasteiger partial charge in [-0.2, -0.15) is 0 Å². The molecule has 3 rings (SSSR count). The Morgan fingerprint density at radius 1 is 0.957 bits per heavy atom. The van der Waals surface area contributed by atoms with E-state index in [-0.39, 0.29) is 5.91 Å². The Balaban J connectivity index is 1.90. The van der Waals surface area contributed by atoms with Crippen molar-refractivity contribution in [3.8, 4) is 5.75 Å². The van der Waals surface area contributed by atoms with Crippen molar-refractivity contribution in [1.82, 2.24) is 4.90 Å². The molecule has 0 radical (unpaired) electrons. The molecule has 0 atom stereocenters. The number of hydrogen-bond acceptors (Lipinski definition) is 2. The minimum Gasteiger partial charge on any atom is -0.496 e. The lowest BCUT2D eigenvalue weighted by molar-refractivity contribution is 0.0786. The number of methoxy groups -OCH3 is 1. The summed E-state index contributed by atoms with van der Waals surface area (Å²) in [6, 6.07) is 21.5. The monoisotopic (exact) mass is 305 g/mol. The summed E-state index contributed by atoms with van der Waals surface area (Å²) < 4.78 is 5.36. The zero-order valence-electron chi connectivity index (χ0n) is 13.3. The number of hydrogen-bond donors (Lipinski definition) is 0. The second kappa shape index (κ2) is 6.53. The summed E-state index contributed by atoms with van der Waals surface area (Å²) in [7, 11) is 3.46. The summed E-state index contributed by atoms with van der Waals surface area (Å²) in [4.78, 5) is 14.6. The molecule has 0 aliphatic carbocycles. The molecule has 0 unspecified atom stereocenters. The average Bonchev–Trinajstić information content (AvgIpc) is 2.61. The summed E-state index contributed by atoms with van der Waals surface area (Å²) in [5.41, 5.74) is 1.71. The van der Waals surface area contributed by atoms with Gasteiger partial charge in [0.05, 0.1) is 7.11 Å². The van der Waals surface area contributed by atoms with Gasteiger partial charge >= 0.3 is 0 Å². The van der Waals surface area contributed by atoms with Crippen LogP contribution in [0.5, 0.6) is 5.75 Å². The van der Waals surface area contributed by atoms with Crippen LogP contribution >= 0.6 is 0 Å². The first kappa shape index (κ1) is 15.1. The van der Waals surface area contributed by atoms with Crippen molar-refractivity contribution in [1.29, 1.82) is 0 Å². The molecular formula is C20H19NO2. The van der Waals surface area contributed by atoms with E-state index >= 15 is 0 Å². The van der Waals surface area contributed by atoms with Crippen LogP contribution in [-0.4, -0.2) is 25.0 Å². The Bertz CT molecular complexity index is 836. The Morgan fingerprint density at radius 2 is 1.65 bits per heavy atom. The predicted molar refractivity (Wildman–Crippen MR) is 92.7 cm³/mol. The van der Waals surface area contributed by atoms with Crippen molar-refractivity contribution in [2.45, 2.75) is 6.54 Å². The molecule has 0 spiro atoms. The highest BCUT2D eigenvalue weighted by atomic mass is 16.5. The molecule has 0 saturated carbocycles. The number of carbonyl (C=O) groups is 1. The molecule has 0 aliphatic heterocycles. The van der Waals surface area contributed by atoms with Crippen molar-refractivity contribution in [2.24, 2.45) is 0 Å². The smallest absolute Gasteiger partial charge is 0.254 e. The standard InChI is InChI=1S/C20H19NO2/c1-21(14-16-9-4-6-13-19(16)23-2)20(22)18-12-7-10-15-8-3-5-11-17(15)18/h3-13H,14H2,1-2H3. The van der Waals surface area contributed by atoms with Crippen LogP contribution in [0, 0.1) is 0 Å². The van der Waals surface area contributed by atoms with E-state index < -0.39 is 0 Å². The number of amides is 1. The minimum atomic E-state index is 0.00714. The van der Waals surface area contributed by atoms with E-state index in [9.17, 15) is 4.79 Å². The van der Waals surface area contributed by atoms with Crippen LogP contribution in [0.4, 0.5) is 0 Å². The van der Waals surface area contributed by atoms with E-state index in [0.29, 0.717) is 6.54 Å². The van der Waals surface area contributed by atoms with Crippen LogP contribution in [0.2, 0.25) is 0 Å². The Morgan fingerprint density at radius 3 is 2.48 bits per heavy atom. The molecule has 0 heterocycles. The first-order chi connectivity index (χ1) is 11.2. The van der Waals surface area contributed by atoms with Gasteiger partial charge in [-0.1, -0.05) is 54.6 Å². The highest BCUT2D eigenvalue weighted by Crippen LogP contribution is 2.22. The van der Waals surface area contributed by atoms with Crippen molar-refractivity contribution >= 4 is 16.7 Å². The molecule has 0 bridgehead atoms. The zero-order chi connectivity index (χ0) is 16.2. The fourth-order valence-corrected chi connectivity index (χ4v) is 2.78. The quantitative estimate of drug-likeness (QED) is 0.725. The summed E-state index contributed by atoms with van der Waals surface area (Å²) in [6.07, 6.45) is 0. The van der Waals surface area contributed by atoms with E-state index in [4.69, 9.17) is 4.74 Å². The highest BCUT2D eigenvalue weighted by Gasteiger charge is 2.16. The third kappa shape index (κ3) is 3.04. The molecule has 23 heavy (non-hydrogen) atoms. The number of fused-ring (bicyclic) bond motifs is 1. The van der Waals surface area contributed by atoms with Crippen molar-refractivity contribution < 1.29 is 9.53 Å². The molecule has 0 saturated heterocycles. The van der Waals surface area contributed by atoms with Crippen LogP contribution in [0.3, 0.4) is 0 Å². The van der Waals surface area contributed by atoms with E-state index in [0.717, 1.165) is 27.6 Å². The molecule has 3 nitrogen and oxygen atoms in total. The molecular weight excluding hydrogens is 286 g/mol. The molecule has 3 aromatic carbocycles. The lowest BCUT2D eigenvalue weighted by Crippen LogP contribution is -2.26. The van der Waals surface area contributed by atoms with E-state index in [1.165, 1.54) is 0 Å².